The Kier molecular flexibility index (Phi) is 82.6. The Hall–Kier alpha value is -7.22. The second-order valence-electron chi connectivity index (χ2n) is 25.4. The number of benzene rings is 5. The Labute approximate surface area is 614 Å². The van der Waals surface area contributed by atoms with E-state index < -0.39 is 8.07 Å². The van der Waals surface area contributed by atoms with Crippen molar-refractivity contribution >= 4 is 43.7 Å². The molecule has 0 fully saturated rings. The minimum absolute atomic E-state index is 0. The Morgan fingerprint density at radius 2 is 0.850 bits per heavy atom. The number of unbranched alkanes of at least 4 members (excludes halogenated alkanes) is 2. The van der Waals surface area contributed by atoms with Crippen molar-refractivity contribution in [3.8, 4) is 11.1 Å². The summed E-state index contributed by atoms with van der Waals surface area (Å²) in [6.07, 6.45) is 12.7. The predicted octanol–water partition coefficient (Wildman–Crippen LogP) is 23.7. The summed E-state index contributed by atoms with van der Waals surface area (Å²) < 4.78 is 23.9. The first-order valence-corrected chi connectivity index (χ1v) is 39.7. The van der Waals surface area contributed by atoms with Crippen LogP contribution in [0.25, 0.3) is 11.1 Å². The molecule has 1 aliphatic carbocycles. The highest BCUT2D eigenvalue weighted by atomic mass is 28.3. The molecule has 0 radical (unpaired) electrons. The first-order chi connectivity index (χ1) is 46.7. The van der Waals surface area contributed by atoms with Gasteiger partial charge in [-0.05, 0) is 114 Å². The number of allylic oxidation sites excluding steroid dienone is 1. The van der Waals surface area contributed by atoms with Crippen LogP contribution in [0, 0.1) is 23.7 Å². The van der Waals surface area contributed by atoms with Gasteiger partial charge in [0.05, 0.1) is 19.8 Å². The Morgan fingerprint density at radius 3 is 1.12 bits per heavy atom. The lowest BCUT2D eigenvalue weighted by Gasteiger charge is -2.17. The average Bonchev–Trinajstić information content (AvgIpc) is 1.62. The maximum Gasteiger partial charge on any atom is 0.302 e. The van der Waals surface area contributed by atoms with E-state index in [2.05, 4.69) is 160 Å². The van der Waals surface area contributed by atoms with Crippen molar-refractivity contribution in [1.82, 2.24) is 0 Å². The monoisotopic (exact) mass is 1410 g/mol. The highest BCUT2D eigenvalue weighted by Gasteiger charge is 2.28. The maximum atomic E-state index is 11.0. The van der Waals surface area contributed by atoms with E-state index in [1.807, 2.05) is 133 Å². The van der Waals surface area contributed by atoms with Gasteiger partial charge in [0.1, 0.15) is 25.6 Å². The van der Waals surface area contributed by atoms with E-state index in [1.54, 1.807) is 0 Å². The second kappa shape index (κ2) is 76.0. The van der Waals surface area contributed by atoms with E-state index in [1.165, 1.54) is 113 Å². The molecule has 0 atom stereocenters. The molecular weight excluding hydrogens is 1270 g/mol. The molecule has 1 N–H and O–H groups in total. The Balaban J connectivity index is -0.000000158. The second-order valence-corrected chi connectivity index (χ2v) is 31.0. The normalized spacial score (nSPS) is 9.71. The number of aryl methyl sites for hydroxylation is 2. The SMILES string of the molecule is C.C=CCCC.C=CCOC(C)=O.CC.CC.CC(=O)OCC(C)C.CC(=O)OCC1c2ccccc2-c2ccccc21.CC(=O)OCCCCC(C)C.CC(=O)OCc1ccccc1.CC(C)=O.CC(C)C[Si](C)(C)C.CCC(C)C.CCc1ccc(CO)cc1.CCc1ccccc1. The molecule has 0 spiro atoms. The summed E-state index contributed by atoms with van der Waals surface area (Å²) in [4.78, 5) is 61.2. The molecular formula is C87H146O12Si. The van der Waals surface area contributed by atoms with Crippen molar-refractivity contribution in [3.05, 3.63) is 192 Å². The third kappa shape index (κ3) is 81.5. The molecule has 0 saturated heterocycles. The van der Waals surface area contributed by atoms with Crippen molar-refractivity contribution in [2.45, 2.75) is 263 Å². The van der Waals surface area contributed by atoms with Gasteiger partial charge in [0.2, 0.25) is 0 Å². The molecule has 100 heavy (non-hydrogen) atoms. The third-order valence-electron chi connectivity index (χ3n) is 12.4. The third-order valence-corrected chi connectivity index (χ3v) is 14.4. The quantitative estimate of drug-likeness (QED) is 0.0243. The zero-order valence-corrected chi connectivity index (χ0v) is 68.2. The standard InChI is InChI=1S/C16H14O2.C9H10O2.C9H18O2.C9H12O.C8H10.C7H18Si.C6H12O2.C5H8O2.C5H12.C5H10.C3H6O.2C2H6.CH4/c1-11(17)18-10-16-14-8-4-2-6-12(14)13-7-3-5-9-15(13)16;1-8(10)11-7-9-5-3-2-4-6-9;1-8(2)6-4-5-7-11-9(3)10;1-2-8-3-5-9(7-10)6-4-8;1-2-8-6-4-3-5-7-8;1-7(2)6-8(3,4)5;1-5(2)4-8-6(3)7;1-3-4-7-5(2)6;1-4-5(2)3;1-3-5-4-2;1-3(2)4;2*1-2;/h2-9,16H,10H2,1H3;2-6H,7H2,1H3;8H,4-7H2,1-3H3;3-6,10H,2,7H2,1H3;3-7H,2H2,1H3;7H,6H2,1-5H3;5H,4H2,1-3H3;3H,1,4H2,2H3;5H,4H2,1-3H3;3H,1,4-5H2,2H3;1-2H3;2*1-2H3;1H4. The highest BCUT2D eigenvalue weighted by Crippen LogP contribution is 2.44. The average molecular weight is 1410 g/mol. The lowest BCUT2D eigenvalue weighted by molar-refractivity contribution is -0.143. The number of carbonyl (C=O) groups excluding carboxylic acids is 6. The number of esters is 5. The van der Waals surface area contributed by atoms with Gasteiger partial charge in [0.15, 0.2) is 0 Å². The highest BCUT2D eigenvalue weighted by molar-refractivity contribution is 6.76. The minimum Gasteiger partial charge on any atom is -0.466 e. The summed E-state index contributed by atoms with van der Waals surface area (Å²) in [5.74, 6) is 2.23. The largest absolute Gasteiger partial charge is 0.466 e. The van der Waals surface area contributed by atoms with Gasteiger partial charge < -0.3 is 33.6 Å². The van der Waals surface area contributed by atoms with Crippen LogP contribution in [0.3, 0.4) is 0 Å². The Bertz CT molecular complexity index is 2620. The molecule has 570 valence electrons. The van der Waals surface area contributed by atoms with Crippen LogP contribution in [0.15, 0.2) is 159 Å². The lowest BCUT2D eigenvalue weighted by atomic mass is 9.98. The summed E-state index contributed by atoms with van der Waals surface area (Å²) in [5.41, 5.74) is 9.74. The summed E-state index contributed by atoms with van der Waals surface area (Å²) in [5, 5.41) is 8.70. The number of hydrogen-bond acceptors (Lipinski definition) is 12. The van der Waals surface area contributed by atoms with Gasteiger partial charge in [-0.25, -0.2) is 0 Å². The molecule has 0 bridgehead atoms. The molecule has 0 aliphatic heterocycles. The number of hydrogen-bond donors (Lipinski definition) is 1. The molecule has 12 nitrogen and oxygen atoms in total. The van der Waals surface area contributed by atoms with E-state index in [0.29, 0.717) is 39.0 Å². The van der Waals surface area contributed by atoms with Crippen LogP contribution < -0.4 is 0 Å². The molecule has 13 heteroatoms. The van der Waals surface area contributed by atoms with Gasteiger partial charge in [-0.1, -0.05) is 315 Å². The Morgan fingerprint density at radius 1 is 0.470 bits per heavy atom. The van der Waals surface area contributed by atoms with Gasteiger partial charge in [0.25, 0.3) is 0 Å². The van der Waals surface area contributed by atoms with Gasteiger partial charge >= 0.3 is 29.8 Å². The molecule has 1 aliphatic rings. The van der Waals surface area contributed by atoms with Crippen molar-refractivity contribution < 1.29 is 57.6 Å². The molecule has 5 aromatic carbocycles. The lowest BCUT2D eigenvalue weighted by Crippen LogP contribution is -2.21. The van der Waals surface area contributed by atoms with Crippen LogP contribution >= 0.6 is 0 Å². The zero-order chi connectivity index (χ0) is 77.6. The van der Waals surface area contributed by atoms with Gasteiger partial charge in [-0.3, -0.25) is 24.0 Å². The smallest absolute Gasteiger partial charge is 0.302 e. The van der Waals surface area contributed by atoms with Gasteiger partial charge in [-0.15, -0.1) is 6.58 Å². The van der Waals surface area contributed by atoms with Crippen molar-refractivity contribution in [2.75, 3.05) is 26.4 Å². The van der Waals surface area contributed by atoms with Crippen LogP contribution in [0.1, 0.15) is 244 Å². The molecule has 0 heterocycles. The van der Waals surface area contributed by atoms with E-state index in [4.69, 9.17) is 19.3 Å². The van der Waals surface area contributed by atoms with Crippen molar-refractivity contribution in [2.24, 2.45) is 23.7 Å². The predicted molar refractivity (Wildman–Crippen MR) is 432 cm³/mol. The topological polar surface area (TPSA) is 169 Å². The summed E-state index contributed by atoms with van der Waals surface area (Å²) in [6.45, 7) is 60.8. The van der Waals surface area contributed by atoms with Crippen LogP contribution in [0.5, 0.6) is 0 Å². The fraction of sp³-hybridized carbons (Fsp3) is 0.540. The number of Topliss-reactive ketones (excluding diaryl/α,β-unsaturated/α-hetero) is 1. The zero-order valence-electron chi connectivity index (χ0n) is 67.2. The van der Waals surface area contributed by atoms with Gasteiger partial charge in [0, 0.05) is 48.6 Å². The van der Waals surface area contributed by atoms with Crippen LogP contribution in [0.2, 0.25) is 25.7 Å². The van der Waals surface area contributed by atoms with Crippen LogP contribution in [-0.2, 0) is 78.5 Å². The van der Waals surface area contributed by atoms with Crippen LogP contribution in [0.4, 0.5) is 0 Å². The number of rotatable bonds is 21. The molecule has 0 aromatic heterocycles. The summed E-state index contributed by atoms with van der Waals surface area (Å²) in [6, 6.07) is 46.2. The maximum absolute atomic E-state index is 11.0. The molecule has 0 unspecified atom stereocenters. The number of ketones is 1. The fourth-order valence-electron chi connectivity index (χ4n) is 7.75. The summed E-state index contributed by atoms with van der Waals surface area (Å²) in [7, 11) is -0.720. The van der Waals surface area contributed by atoms with E-state index in [-0.39, 0.29) is 55.6 Å². The number of carbonyl (C=O) groups is 6. The molecule has 0 amide bonds. The number of aliphatic hydroxyl groups is 1. The first kappa shape index (κ1) is 109. The van der Waals surface area contributed by atoms with Crippen molar-refractivity contribution in [1.29, 1.82) is 0 Å². The van der Waals surface area contributed by atoms with Crippen molar-refractivity contribution in [3.63, 3.8) is 0 Å². The number of fused-ring (bicyclic) bond motifs is 3. The number of ether oxygens (including phenoxy) is 5. The van der Waals surface area contributed by atoms with E-state index >= 15 is 0 Å². The number of aliphatic hydroxyl groups excluding tert-OH is 1. The fourth-order valence-corrected chi connectivity index (χ4v) is 10.2. The van der Waals surface area contributed by atoms with Crippen LogP contribution in [-0.4, -0.2) is 75.2 Å². The molecule has 0 saturated carbocycles. The molecule has 6 rings (SSSR count). The van der Waals surface area contributed by atoms with E-state index in [9.17, 15) is 28.8 Å². The van der Waals surface area contributed by atoms with Gasteiger partial charge in [-0.2, -0.15) is 0 Å². The molecule has 5 aromatic rings. The first-order valence-electron chi connectivity index (χ1n) is 36.0. The summed E-state index contributed by atoms with van der Waals surface area (Å²) >= 11 is 0. The minimum atomic E-state index is -0.720. The van der Waals surface area contributed by atoms with E-state index in [0.717, 1.165) is 61.0 Å².